The minimum Gasteiger partial charge on any atom is -0.465 e. The normalized spacial score (nSPS) is 29.8. The molecule has 3 aliphatic rings. The van der Waals surface area contributed by atoms with Gasteiger partial charge in [0.25, 0.3) is 0 Å². The third-order valence-electron chi connectivity index (χ3n) is 7.30. The lowest BCUT2D eigenvalue weighted by atomic mass is 9.71. The van der Waals surface area contributed by atoms with Crippen molar-refractivity contribution in [2.75, 3.05) is 26.3 Å². The fraction of sp³-hybridized carbons (Fsp3) is 0.731. The van der Waals surface area contributed by atoms with Crippen LogP contribution in [0.2, 0.25) is 0 Å². The van der Waals surface area contributed by atoms with Crippen LogP contribution in [0.5, 0.6) is 0 Å². The predicted octanol–water partition coefficient (Wildman–Crippen LogP) is 3.17. The molecule has 1 N–H and O–H groups in total. The van der Waals surface area contributed by atoms with Gasteiger partial charge in [-0.25, -0.2) is 0 Å². The summed E-state index contributed by atoms with van der Waals surface area (Å²) in [5, 5.41) is 9.45. The number of esters is 1. The molecule has 3 heterocycles. The Balaban J connectivity index is 1.90. The molecular formula is C26H40N2O5S. The summed E-state index contributed by atoms with van der Waals surface area (Å²) in [5.74, 6) is -1.65. The summed E-state index contributed by atoms with van der Waals surface area (Å²) in [4.78, 5) is 44.4. The first-order valence-corrected chi connectivity index (χ1v) is 13.3. The quantitative estimate of drug-likeness (QED) is 0.256. The molecule has 2 unspecified atom stereocenters. The Kier molecular flexibility index (Phi) is 8.56. The van der Waals surface area contributed by atoms with E-state index in [1.165, 1.54) is 0 Å². The number of ether oxygens (including phenoxy) is 1. The molecule has 7 nitrogen and oxygen atoms in total. The van der Waals surface area contributed by atoms with E-state index >= 15 is 0 Å². The molecule has 5 atom stereocenters. The van der Waals surface area contributed by atoms with Gasteiger partial charge in [0.2, 0.25) is 11.8 Å². The second-order valence-corrected chi connectivity index (χ2v) is 12.1. The fourth-order valence-corrected chi connectivity index (χ4v) is 8.01. The summed E-state index contributed by atoms with van der Waals surface area (Å²) in [6.45, 7) is 14.4. The van der Waals surface area contributed by atoms with Gasteiger partial charge in [0, 0.05) is 30.5 Å². The van der Waals surface area contributed by atoms with E-state index in [0.717, 1.165) is 32.1 Å². The van der Waals surface area contributed by atoms with Crippen LogP contribution in [0.1, 0.15) is 59.3 Å². The smallest absolute Gasteiger partial charge is 0.310 e. The standard InChI is InChI=1S/C26H40N2O5S/c1-6-8-9-10-17-33-24(32)19-18-12-13-26(34-18)20(19)22(30)27(15-11-16-29)21(26)23(31)28(14-7-2)25(3,4)5/h6-7,18-21,29H,1-2,8-17H2,3-5H3/t18-,19+,20-,21?,26?/m0/s1. The third-order valence-corrected chi connectivity index (χ3v) is 9.25. The first kappa shape index (κ1) is 26.8. The van der Waals surface area contributed by atoms with Gasteiger partial charge >= 0.3 is 5.97 Å². The van der Waals surface area contributed by atoms with Crippen LogP contribution in [0.25, 0.3) is 0 Å². The highest BCUT2D eigenvalue weighted by molar-refractivity contribution is 8.02. The Morgan fingerprint density at radius 3 is 2.62 bits per heavy atom. The number of thioether (sulfide) groups is 1. The number of rotatable bonds is 12. The molecule has 0 aromatic carbocycles. The molecule has 1 spiro atoms. The van der Waals surface area contributed by atoms with Crippen molar-refractivity contribution in [3.8, 4) is 0 Å². The fourth-order valence-electron chi connectivity index (χ4n) is 5.81. The largest absolute Gasteiger partial charge is 0.465 e. The Morgan fingerprint density at radius 2 is 2.00 bits per heavy atom. The van der Waals surface area contributed by atoms with Crippen LogP contribution in [-0.2, 0) is 19.1 Å². The van der Waals surface area contributed by atoms with Crippen LogP contribution in [0, 0.1) is 11.8 Å². The number of fused-ring (bicyclic) bond motifs is 1. The second-order valence-electron chi connectivity index (χ2n) is 10.5. The molecule has 190 valence electrons. The van der Waals surface area contributed by atoms with Crippen molar-refractivity contribution in [1.82, 2.24) is 9.80 Å². The maximum atomic E-state index is 14.1. The number of carbonyl (C=O) groups is 3. The van der Waals surface area contributed by atoms with Crippen molar-refractivity contribution in [3.63, 3.8) is 0 Å². The second kappa shape index (κ2) is 10.9. The number of aliphatic hydroxyl groups excluding tert-OH is 1. The summed E-state index contributed by atoms with van der Waals surface area (Å²) in [7, 11) is 0. The maximum Gasteiger partial charge on any atom is 0.310 e. The zero-order valence-corrected chi connectivity index (χ0v) is 21.6. The van der Waals surface area contributed by atoms with Crippen LogP contribution in [0.3, 0.4) is 0 Å². The van der Waals surface area contributed by atoms with Crippen LogP contribution >= 0.6 is 11.8 Å². The molecule has 0 saturated carbocycles. The Hall–Kier alpha value is -1.80. The molecule has 0 aromatic heterocycles. The highest BCUT2D eigenvalue weighted by Crippen LogP contribution is 2.66. The van der Waals surface area contributed by atoms with Crippen molar-refractivity contribution >= 4 is 29.5 Å². The first-order chi connectivity index (χ1) is 16.1. The zero-order valence-electron chi connectivity index (χ0n) is 20.8. The van der Waals surface area contributed by atoms with Crippen molar-refractivity contribution in [3.05, 3.63) is 25.3 Å². The van der Waals surface area contributed by atoms with Gasteiger partial charge in [-0.15, -0.1) is 24.9 Å². The molecule has 3 rings (SSSR count). The van der Waals surface area contributed by atoms with E-state index in [0.29, 0.717) is 26.1 Å². The van der Waals surface area contributed by atoms with E-state index in [1.807, 2.05) is 26.8 Å². The van der Waals surface area contributed by atoms with Gasteiger partial charge in [-0.05, 0) is 59.3 Å². The number of nitrogens with zero attached hydrogens (tertiary/aromatic N) is 2. The zero-order chi connectivity index (χ0) is 25.1. The summed E-state index contributed by atoms with van der Waals surface area (Å²) in [6.07, 6.45) is 8.00. The number of amides is 2. The molecule has 2 bridgehead atoms. The highest BCUT2D eigenvalue weighted by atomic mass is 32.2. The monoisotopic (exact) mass is 492 g/mol. The number of hydrogen-bond acceptors (Lipinski definition) is 6. The average molecular weight is 493 g/mol. The molecule has 3 saturated heterocycles. The lowest BCUT2D eigenvalue weighted by Gasteiger charge is -2.42. The number of carbonyl (C=O) groups excluding carboxylic acids is 3. The summed E-state index contributed by atoms with van der Waals surface area (Å²) < 4.78 is 4.99. The third kappa shape index (κ3) is 4.81. The van der Waals surface area contributed by atoms with Crippen LogP contribution in [-0.4, -0.2) is 80.6 Å². The van der Waals surface area contributed by atoms with E-state index in [1.54, 1.807) is 27.6 Å². The number of aliphatic hydroxyl groups is 1. The van der Waals surface area contributed by atoms with Crippen LogP contribution in [0.4, 0.5) is 0 Å². The van der Waals surface area contributed by atoms with Gasteiger partial charge in [0.15, 0.2) is 0 Å². The molecule has 34 heavy (non-hydrogen) atoms. The minimum absolute atomic E-state index is 0.00703. The molecule has 0 radical (unpaired) electrons. The van der Waals surface area contributed by atoms with E-state index in [9.17, 15) is 19.5 Å². The van der Waals surface area contributed by atoms with E-state index in [-0.39, 0.29) is 29.6 Å². The van der Waals surface area contributed by atoms with Crippen molar-refractivity contribution in [1.29, 1.82) is 0 Å². The predicted molar refractivity (Wildman–Crippen MR) is 134 cm³/mol. The minimum atomic E-state index is -0.656. The lowest BCUT2D eigenvalue weighted by molar-refractivity contribution is -0.154. The molecule has 0 aromatic rings. The van der Waals surface area contributed by atoms with E-state index in [2.05, 4.69) is 13.2 Å². The van der Waals surface area contributed by atoms with Crippen LogP contribution < -0.4 is 0 Å². The average Bonchev–Trinajstić information content (AvgIpc) is 3.42. The van der Waals surface area contributed by atoms with Gasteiger partial charge in [0.1, 0.15) is 6.04 Å². The molecule has 2 amide bonds. The lowest BCUT2D eigenvalue weighted by Crippen LogP contribution is -2.58. The van der Waals surface area contributed by atoms with Crippen LogP contribution in [0.15, 0.2) is 25.3 Å². The molecule has 0 aliphatic carbocycles. The van der Waals surface area contributed by atoms with Crippen molar-refractivity contribution in [2.24, 2.45) is 11.8 Å². The van der Waals surface area contributed by atoms with Gasteiger partial charge in [-0.2, -0.15) is 0 Å². The number of allylic oxidation sites excluding steroid dienone is 1. The topological polar surface area (TPSA) is 87.2 Å². The Morgan fingerprint density at radius 1 is 1.26 bits per heavy atom. The number of likely N-dealkylation sites (tertiary alicyclic amines) is 1. The Bertz CT molecular complexity index is 810. The van der Waals surface area contributed by atoms with E-state index < -0.39 is 28.2 Å². The van der Waals surface area contributed by atoms with Crippen molar-refractivity contribution < 1.29 is 24.2 Å². The SMILES string of the molecule is C=CCCCCOC(=O)[C@@H]1[C@@H]2CCC3(S2)C(C(=O)N(CC=C)C(C)(C)C)N(CCCO)C(=O)[C@H]13. The summed E-state index contributed by atoms with van der Waals surface area (Å²) in [5.41, 5.74) is -0.448. The van der Waals surface area contributed by atoms with E-state index in [4.69, 9.17) is 4.74 Å². The highest BCUT2D eigenvalue weighted by Gasteiger charge is 2.74. The molecule has 3 fully saturated rings. The Labute approximate surface area is 208 Å². The van der Waals surface area contributed by atoms with Gasteiger partial charge in [0.05, 0.1) is 23.2 Å². The molecule has 3 aliphatic heterocycles. The molecule has 8 heteroatoms. The van der Waals surface area contributed by atoms with Crippen molar-refractivity contribution in [2.45, 2.75) is 80.9 Å². The maximum absolute atomic E-state index is 14.1. The summed E-state index contributed by atoms with van der Waals surface area (Å²) >= 11 is 1.64. The first-order valence-electron chi connectivity index (χ1n) is 12.4. The number of unbranched alkanes of at least 4 members (excludes halogenated alkanes) is 2. The van der Waals surface area contributed by atoms with Gasteiger partial charge < -0.3 is 19.6 Å². The summed E-state index contributed by atoms with van der Waals surface area (Å²) in [6, 6.07) is -0.656. The molecular weight excluding hydrogens is 452 g/mol. The van der Waals surface area contributed by atoms with Gasteiger partial charge in [-0.1, -0.05) is 12.2 Å². The number of hydrogen-bond donors (Lipinski definition) is 1. The van der Waals surface area contributed by atoms with Gasteiger partial charge in [-0.3, -0.25) is 14.4 Å².